The molecule has 1 fully saturated rings. The molecule has 0 amide bonds. The van der Waals surface area contributed by atoms with E-state index in [-0.39, 0.29) is 0 Å². The summed E-state index contributed by atoms with van der Waals surface area (Å²) in [6.45, 7) is 4.59. The van der Waals surface area contributed by atoms with E-state index in [2.05, 4.69) is 41.9 Å². The van der Waals surface area contributed by atoms with E-state index in [1.165, 1.54) is 18.4 Å². The highest BCUT2D eigenvalue weighted by atomic mass is 79.9. The van der Waals surface area contributed by atoms with Gasteiger partial charge < -0.3 is 5.11 Å². The predicted octanol–water partition coefficient (Wildman–Crippen LogP) is 4.57. The zero-order valence-electron chi connectivity index (χ0n) is 11.3. The predicted molar refractivity (Wildman–Crippen MR) is 79.6 cm³/mol. The van der Waals surface area contributed by atoms with Gasteiger partial charge in [-0.1, -0.05) is 48.0 Å². The number of hydrogen-bond donors (Lipinski definition) is 1. The minimum Gasteiger partial charge on any atom is -0.390 e. The number of aliphatic hydroxyl groups is 1. The maximum Gasteiger partial charge on any atom is 0.0688 e. The Bertz CT molecular complexity index is 392. The molecule has 100 valence electrons. The van der Waals surface area contributed by atoms with E-state index in [4.69, 9.17) is 0 Å². The molecule has 0 saturated heterocycles. The van der Waals surface area contributed by atoms with Crippen LogP contribution >= 0.6 is 15.9 Å². The Labute approximate surface area is 119 Å². The highest BCUT2D eigenvalue weighted by molar-refractivity contribution is 9.10. The summed E-state index contributed by atoms with van der Waals surface area (Å²) in [5.41, 5.74) is 0.734. The van der Waals surface area contributed by atoms with Crippen LogP contribution in [0.3, 0.4) is 0 Å². The Hall–Kier alpha value is -0.340. The fourth-order valence-electron chi connectivity index (χ4n) is 3.02. The quantitative estimate of drug-likeness (QED) is 0.867. The zero-order valence-corrected chi connectivity index (χ0v) is 12.9. The summed E-state index contributed by atoms with van der Waals surface area (Å²) in [6.07, 6.45) is 4.99. The normalized spacial score (nSPS) is 28.6. The summed E-state index contributed by atoms with van der Waals surface area (Å²) in [6, 6.07) is 8.23. The van der Waals surface area contributed by atoms with Crippen molar-refractivity contribution < 1.29 is 5.11 Å². The van der Waals surface area contributed by atoms with E-state index < -0.39 is 5.60 Å². The molecule has 1 aliphatic rings. The largest absolute Gasteiger partial charge is 0.390 e. The van der Waals surface area contributed by atoms with Gasteiger partial charge >= 0.3 is 0 Å². The molecule has 0 unspecified atom stereocenters. The van der Waals surface area contributed by atoms with Crippen LogP contribution in [0.1, 0.15) is 45.1 Å². The van der Waals surface area contributed by atoms with E-state index >= 15 is 0 Å². The van der Waals surface area contributed by atoms with E-state index in [0.29, 0.717) is 0 Å². The summed E-state index contributed by atoms with van der Waals surface area (Å²) in [5, 5.41) is 10.7. The van der Waals surface area contributed by atoms with Crippen LogP contribution in [0.4, 0.5) is 0 Å². The van der Waals surface area contributed by atoms with Crippen LogP contribution in [-0.4, -0.2) is 10.7 Å². The van der Waals surface area contributed by atoms with Gasteiger partial charge in [0.15, 0.2) is 0 Å². The highest BCUT2D eigenvalue weighted by Crippen LogP contribution is 2.38. The van der Waals surface area contributed by atoms with Crippen molar-refractivity contribution in [1.29, 1.82) is 0 Å². The first-order valence-corrected chi connectivity index (χ1v) is 7.75. The standard InChI is InChI=1S/C16H23BrO/c1-12(2)13-7-9-16(18,10-8-13)11-14-5-3-4-6-15(14)17/h3-6,12-13,18H,7-11H2,1-2H3. The van der Waals surface area contributed by atoms with E-state index in [1.54, 1.807) is 0 Å². The third-order valence-electron chi connectivity index (χ3n) is 4.38. The maximum atomic E-state index is 10.7. The summed E-state index contributed by atoms with van der Waals surface area (Å²) in [5.74, 6) is 1.54. The van der Waals surface area contributed by atoms with Gasteiger partial charge in [0.25, 0.3) is 0 Å². The SMILES string of the molecule is CC(C)C1CCC(O)(Cc2ccccc2Br)CC1. The first kappa shape index (κ1) is 14.1. The molecule has 1 nitrogen and oxygen atoms in total. The second-order valence-electron chi connectivity index (χ2n) is 6.07. The lowest BCUT2D eigenvalue weighted by Gasteiger charge is -2.37. The summed E-state index contributed by atoms with van der Waals surface area (Å²) in [7, 11) is 0. The van der Waals surface area contributed by atoms with Crippen LogP contribution in [0.5, 0.6) is 0 Å². The van der Waals surface area contributed by atoms with Gasteiger partial charge in [0.05, 0.1) is 5.60 Å². The van der Waals surface area contributed by atoms with E-state index in [0.717, 1.165) is 35.6 Å². The molecule has 1 N–H and O–H groups in total. The minimum absolute atomic E-state index is 0.491. The molecule has 18 heavy (non-hydrogen) atoms. The van der Waals surface area contributed by atoms with Gasteiger partial charge in [0.1, 0.15) is 0 Å². The van der Waals surface area contributed by atoms with Gasteiger partial charge in [-0.2, -0.15) is 0 Å². The molecule has 1 aliphatic carbocycles. The molecule has 2 rings (SSSR count). The summed E-state index contributed by atoms with van der Waals surface area (Å²) in [4.78, 5) is 0. The monoisotopic (exact) mass is 310 g/mol. The van der Waals surface area contributed by atoms with Gasteiger partial charge in [-0.15, -0.1) is 0 Å². The Morgan fingerprint density at radius 2 is 1.89 bits per heavy atom. The van der Waals surface area contributed by atoms with Crippen molar-refractivity contribution in [3.05, 3.63) is 34.3 Å². The topological polar surface area (TPSA) is 20.2 Å². The molecular formula is C16H23BrO. The summed E-state index contributed by atoms with van der Waals surface area (Å²) < 4.78 is 1.12. The van der Waals surface area contributed by atoms with Gasteiger partial charge in [0, 0.05) is 10.9 Å². The van der Waals surface area contributed by atoms with Crippen LogP contribution in [0.2, 0.25) is 0 Å². The van der Waals surface area contributed by atoms with Crippen LogP contribution in [0.25, 0.3) is 0 Å². The third-order valence-corrected chi connectivity index (χ3v) is 5.15. The molecule has 0 radical (unpaired) electrons. The first-order chi connectivity index (χ1) is 8.50. The Morgan fingerprint density at radius 3 is 2.44 bits per heavy atom. The lowest BCUT2D eigenvalue weighted by Crippen LogP contribution is -2.37. The fraction of sp³-hybridized carbons (Fsp3) is 0.625. The smallest absolute Gasteiger partial charge is 0.0688 e. The molecule has 0 spiro atoms. The maximum absolute atomic E-state index is 10.7. The van der Waals surface area contributed by atoms with Crippen molar-refractivity contribution in [2.75, 3.05) is 0 Å². The highest BCUT2D eigenvalue weighted by Gasteiger charge is 2.34. The van der Waals surface area contributed by atoms with Crippen molar-refractivity contribution in [2.24, 2.45) is 11.8 Å². The van der Waals surface area contributed by atoms with Gasteiger partial charge in [-0.25, -0.2) is 0 Å². The Balaban J connectivity index is 2.00. The molecule has 1 aromatic carbocycles. The number of benzene rings is 1. The third kappa shape index (κ3) is 3.36. The van der Waals surface area contributed by atoms with Crippen LogP contribution in [0.15, 0.2) is 28.7 Å². The number of hydrogen-bond acceptors (Lipinski definition) is 1. The minimum atomic E-state index is -0.491. The molecule has 2 heteroatoms. The van der Waals surface area contributed by atoms with Gasteiger partial charge in [-0.05, 0) is 49.1 Å². The molecule has 0 aromatic heterocycles. The van der Waals surface area contributed by atoms with Crippen LogP contribution in [-0.2, 0) is 6.42 Å². The van der Waals surface area contributed by atoms with Crippen molar-refractivity contribution in [3.63, 3.8) is 0 Å². The molecule has 1 aromatic rings. The second kappa shape index (κ2) is 5.75. The lowest BCUT2D eigenvalue weighted by molar-refractivity contribution is -0.0147. The fourth-order valence-corrected chi connectivity index (χ4v) is 3.44. The second-order valence-corrected chi connectivity index (χ2v) is 6.93. The van der Waals surface area contributed by atoms with Crippen molar-refractivity contribution in [3.8, 4) is 0 Å². The van der Waals surface area contributed by atoms with E-state index in [9.17, 15) is 5.11 Å². The molecule has 0 atom stereocenters. The average Bonchev–Trinajstić information content (AvgIpc) is 2.32. The van der Waals surface area contributed by atoms with Crippen LogP contribution in [0, 0.1) is 11.8 Å². The zero-order chi connectivity index (χ0) is 13.2. The molecule has 0 heterocycles. The Morgan fingerprint density at radius 1 is 1.28 bits per heavy atom. The molecular weight excluding hydrogens is 288 g/mol. The number of halogens is 1. The summed E-state index contributed by atoms with van der Waals surface area (Å²) >= 11 is 3.57. The van der Waals surface area contributed by atoms with E-state index in [1.807, 2.05) is 12.1 Å². The Kier molecular flexibility index (Phi) is 4.50. The van der Waals surface area contributed by atoms with Crippen molar-refractivity contribution in [2.45, 2.75) is 51.6 Å². The molecule has 0 bridgehead atoms. The van der Waals surface area contributed by atoms with Crippen LogP contribution < -0.4 is 0 Å². The molecule has 0 aliphatic heterocycles. The van der Waals surface area contributed by atoms with Crippen molar-refractivity contribution in [1.82, 2.24) is 0 Å². The number of rotatable bonds is 3. The van der Waals surface area contributed by atoms with Gasteiger partial charge in [-0.3, -0.25) is 0 Å². The van der Waals surface area contributed by atoms with Gasteiger partial charge in [0.2, 0.25) is 0 Å². The molecule has 1 saturated carbocycles. The first-order valence-electron chi connectivity index (χ1n) is 6.96. The van der Waals surface area contributed by atoms with Crippen molar-refractivity contribution >= 4 is 15.9 Å². The average molecular weight is 311 g/mol. The lowest BCUT2D eigenvalue weighted by atomic mass is 9.72.